The number of nitrogens with zero attached hydrogens (tertiary/aromatic N) is 2. The standard InChI is InChI=1S/C19H17F3N4O2/c1-27-13-9-7-12(8-10-13)24-18-23-11-14(19(20,21)22)17(26-18)25-15-5-3-4-6-16(15)28-2/h3-11H,1-2H3,(H2,23,24,25,26). The molecule has 6 nitrogen and oxygen atoms in total. The van der Waals surface area contributed by atoms with E-state index in [4.69, 9.17) is 9.47 Å². The number of ether oxygens (including phenoxy) is 2. The molecule has 0 aliphatic heterocycles. The van der Waals surface area contributed by atoms with E-state index in [1.807, 2.05) is 0 Å². The third kappa shape index (κ3) is 4.43. The summed E-state index contributed by atoms with van der Waals surface area (Å²) < 4.78 is 50.4. The van der Waals surface area contributed by atoms with Crippen LogP contribution in [0.15, 0.2) is 54.7 Å². The molecule has 0 saturated heterocycles. The second-order valence-electron chi connectivity index (χ2n) is 5.63. The summed E-state index contributed by atoms with van der Waals surface area (Å²) in [6.45, 7) is 0. The van der Waals surface area contributed by atoms with E-state index in [2.05, 4.69) is 20.6 Å². The molecule has 3 aromatic rings. The van der Waals surface area contributed by atoms with Gasteiger partial charge in [-0.15, -0.1) is 0 Å². The quantitative estimate of drug-likeness (QED) is 0.617. The van der Waals surface area contributed by atoms with E-state index >= 15 is 0 Å². The van der Waals surface area contributed by atoms with Crippen LogP contribution in [0.4, 0.5) is 36.3 Å². The fourth-order valence-electron chi connectivity index (χ4n) is 2.42. The monoisotopic (exact) mass is 390 g/mol. The SMILES string of the molecule is COc1ccc(Nc2ncc(C(F)(F)F)c(Nc3ccccc3OC)n2)cc1. The predicted molar refractivity (Wildman–Crippen MR) is 99.6 cm³/mol. The first-order chi connectivity index (χ1) is 13.4. The van der Waals surface area contributed by atoms with Crippen molar-refractivity contribution in [1.29, 1.82) is 0 Å². The van der Waals surface area contributed by atoms with Gasteiger partial charge in [-0.05, 0) is 36.4 Å². The minimum absolute atomic E-state index is 0.00978. The molecule has 3 rings (SSSR count). The van der Waals surface area contributed by atoms with E-state index in [0.29, 0.717) is 22.9 Å². The van der Waals surface area contributed by atoms with E-state index in [9.17, 15) is 13.2 Å². The Kier molecular flexibility index (Phi) is 5.53. The summed E-state index contributed by atoms with van der Waals surface area (Å²) in [6.07, 6.45) is -3.89. The molecule has 0 radical (unpaired) electrons. The lowest BCUT2D eigenvalue weighted by atomic mass is 10.2. The van der Waals surface area contributed by atoms with Crippen molar-refractivity contribution in [2.45, 2.75) is 6.18 Å². The number of rotatable bonds is 6. The lowest BCUT2D eigenvalue weighted by Crippen LogP contribution is -2.13. The summed E-state index contributed by atoms with van der Waals surface area (Å²) in [5.41, 5.74) is -0.0351. The van der Waals surface area contributed by atoms with Gasteiger partial charge in [-0.25, -0.2) is 4.98 Å². The van der Waals surface area contributed by atoms with Gasteiger partial charge >= 0.3 is 6.18 Å². The minimum atomic E-state index is -4.62. The molecule has 9 heteroatoms. The van der Waals surface area contributed by atoms with E-state index < -0.39 is 11.7 Å². The Bertz CT molecular complexity index is 947. The fraction of sp³-hybridized carbons (Fsp3) is 0.158. The summed E-state index contributed by atoms with van der Waals surface area (Å²) >= 11 is 0. The molecule has 0 amide bonds. The predicted octanol–water partition coefficient (Wildman–Crippen LogP) is 5.00. The van der Waals surface area contributed by atoms with Crippen molar-refractivity contribution in [2.75, 3.05) is 24.9 Å². The van der Waals surface area contributed by atoms with Crippen LogP contribution < -0.4 is 20.1 Å². The molecule has 1 aromatic heterocycles. The highest BCUT2D eigenvalue weighted by molar-refractivity contribution is 5.67. The molecule has 0 aliphatic carbocycles. The van der Waals surface area contributed by atoms with E-state index in [1.165, 1.54) is 14.2 Å². The Labute approximate surface area is 159 Å². The van der Waals surface area contributed by atoms with E-state index in [1.54, 1.807) is 48.5 Å². The van der Waals surface area contributed by atoms with Gasteiger partial charge in [0.25, 0.3) is 0 Å². The lowest BCUT2D eigenvalue weighted by molar-refractivity contribution is -0.137. The molecule has 1 heterocycles. The number of anilines is 4. The van der Waals surface area contributed by atoms with Crippen molar-refractivity contribution in [3.05, 3.63) is 60.3 Å². The number of aromatic nitrogens is 2. The average molecular weight is 390 g/mol. The maximum absolute atomic E-state index is 13.4. The highest BCUT2D eigenvalue weighted by Crippen LogP contribution is 2.37. The van der Waals surface area contributed by atoms with Gasteiger partial charge in [-0.3, -0.25) is 0 Å². The number of para-hydroxylation sites is 2. The number of benzene rings is 2. The minimum Gasteiger partial charge on any atom is -0.497 e. The summed E-state index contributed by atoms with van der Waals surface area (Å²) in [5, 5.41) is 5.56. The first-order valence-corrected chi connectivity index (χ1v) is 8.16. The zero-order chi connectivity index (χ0) is 20.1. The third-order valence-electron chi connectivity index (χ3n) is 3.80. The lowest BCUT2D eigenvalue weighted by Gasteiger charge is -2.16. The second-order valence-corrected chi connectivity index (χ2v) is 5.63. The van der Waals surface area contributed by atoms with Crippen LogP contribution in [-0.2, 0) is 6.18 Å². The Morgan fingerprint density at radius 3 is 2.25 bits per heavy atom. The molecule has 0 fully saturated rings. The largest absolute Gasteiger partial charge is 0.497 e. The Hall–Kier alpha value is -3.49. The first-order valence-electron chi connectivity index (χ1n) is 8.16. The number of hydrogen-bond donors (Lipinski definition) is 2. The summed E-state index contributed by atoms with van der Waals surface area (Å²) in [7, 11) is 2.97. The molecule has 2 N–H and O–H groups in total. The zero-order valence-corrected chi connectivity index (χ0v) is 15.0. The molecular weight excluding hydrogens is 373 g/mol. The van der Waals surface area contributed by atoms with Gasteiger partial charge in [-0.1, -0.05) is 12.1 Å². The normalized spacial score (nSPS) is 11.0. The Morgan fingerprint density at radius 1 is 0.893 bits per heavy atom. The smallest absolute Gasteiger partial charge is 0.421 e. The Balaban J connectivity index is 1.94. The highest BCUT2D eigenvalue weighted by atomic mass is 19.4. The van der Waals surface area contributed by atoms with Crippen molar-refractivity contribution in [3.8, 4) is 11.5 Å². The van der Waals surface area contributed by atoms with E-state index in [0.717, 1.165) is 6.20 Å². The van der Waals surface area contributed by atoms with Crippen LogP contribution in [0.1, 0.15) is 5.56 Å². The van der Waals surface area contributed by atoms with Gasteiger partial charge in [0.15, 0.2) is 0 Å². The van der Waals surface area contributed by atoms with Crippen molar-refractivity contribution in [1.82, 2.24) is 9.97 Å². The first kappa shape index (κ1) is 19.3. The van der Waals surface area contributed by atoms with Crippen molar-refractivity contribution in [2.24, 2.45) is 0 Å². The molecule has 146 valence electrons. The molecule has 0 saturated carbocycles. The topological polar surface area (TPSA) is 68.3 Å². The average Bonchev–Trinajstić information content (AvgIpc) is 2.68. The van der Waals surface area contributed by atoms with Gasteiger partial charge in [0.2, 0.25) is 5.95 Å². The summed E-state index contributed by atoms with van der Waals surface area (Å²) in [5.74, 6) is 0.662. The highest BCUT2D eigenvalue weighted by Gasteiger charge is 2.35. The maximum atomic E-state index is 13.4. The van der Waals surface area contributed by atoms with Crippen molar-refractivity contribution in [3.63, 3.8) is 0 Å². The number of halogens is 3. The van der Waals surface area contributed by atoms with Crippen LogP contribution >= 0.6 is 0 Å². The number of methoxy groups -OCH3 is 2. The van der Waals surface area contributed by atoms with Crippen LogP contribution in [0.2, 0.25) is 0 Å². The van der Waals surface area contributed by atoms with Crippen molar-refractivity contribution < 1.29 is 22.6 Å². The second kappa shape index (κ2) is 8.03. The number of alkyl halides is 3. The number of hydrogen-bond acceptors (Lipinski definition) is 6. The summed E-state index contributed by atoms with van der Waals surface area (Å²) in [6, 6.07) is 13.4. The van der Waals surface area contributed by atoms with E-state index in [-0.39, 0.29) is 11.8 Å². The number of nitrogens with one attached hydrogen (secondary N) is 2. The molecule has 0 aliphatic rings. The van der Waals surface area contributed by atoms with Crippen LogP contribution in [0.3, 0.4) is 0 Å². The molecule has 0 spiro atoms. The molecule has 0 bridgehead atoms. The van der Waals surface area contributed by atoms with Gasteiger partial charge in [0.05, 0.1) is 19.9 Å². The molecule has 28 heavy (non-hydrogen) atoms. The van der Waals surface area contributed by atoms with Crippen LogP contribution in [-0.4, -0.2) is 24.2 Å². The van der Waals surface area contributed by atoms with Crippen molar-refractivity contribution >= 4 is 23.1 Å². The Morgan fingerprint density at radius 2 is 1.61 bits per heavy atom. The maximum Gasteiger partial charge on any atom is 0.421 e. The zero-order valence-electron chi connectivity index (χ0n) is 15.0. The van der Waals surface area contributed by atoms with Crippen LogP contribution in [0.5, 0.6) is 11.5 Å². The molecule has 0 atom stereocenters. The fourth-order valence-corrected chi connectivity index (χ4v) is 2.42. The van der Waals surface area contributed by atoms with Crippen LogP contribution in [0.25, 0.3) is 0 Å². The third-order valence-corrected chi connectivity index (χ3v) is 3.80. The molecule has 0 unspecified atom stereocenters. The summed E-state index contributed by atoms with van der Waals surface area (Å²) in [4.78, 5) is 7.79. The molecular formula is C19H17F3N4O2. The van der Waals surface area contributed by atoms with Gasteiger partial charge in [-0.2, -0.15) is 18.2 Å². The van der Waals surface area contributed by atoms with Crippen LogP contribution in [0, 0.1) is 0 Å². The molecule has 2 aromatic carbocycles. The van der Waals surface area contributed by atoms with Gasteiger partial charge in [0.1, 0.15) is 22.9 Å². The van der Waals surface area contributed by atoms with Gasteiger partial charge in [0, 0.05) is 11.9 Å². The van der Waals surface area contributed by atoms with Gasteiger partial charge < -0.3 is 20.1 Å².